The van der Waals surface area contributed by atoms with Gasteiger partial charge in [-0.3, -0.25) is 5.10 Å². The first kappa shape index (κ1) is 17.3. The van der Waals surface area contributed by atoms with Crippen LogP contribution in [0.25, 0.3) is 5.57 Å². The molecular formula is C18H14ClF2N3O. The van der Waals surface area contributed by atoms with Crippen LogP contribution in [0.15, 0.2) is 55.4 Å². The van der Waals surface area contributed by atoms with Crippen LogP contribution in [0.2, 0.25) is 5.02 Å². The summed E-state index contributed by atoms with van der Waals surface area (Å²) in [6.07, 6.45) is 1.13. The van der Waals surface area contributed by atoms with Crippen molar-refractivity contribution >= 4 is 17.2 Å². The van der Waals surface area contributed by atoms with Crippen LogP contribution in [0.3, 0.4) is 0 Å². The average molecular weight is 362 g/mol. The van der Waals surface area contributed by atoms with Gasteiger partial charge in [-0.2, -0.15) is 5.10 Å². The van der Waals surface area contributed by atoms with E-state index in [9.17, 15) is 13.9 Å². The lowest BCUT2D eigenvalue weighted by Gasteiger charge is -2.31. The number of aromatic amines is 1. The molecule has 1 heterocycles. The fourth-order valence-electron chi connectivity index (χ4n) is 2.68. The SMILES string of the molecule is C=C(c1ccccc1Cl)C(O)(Cc1ncn[nH]1)c1ccc(F)cc1F. The Hall–Kier alpha value is -2.57. The molecule has 25 heavy (non-hydrogen) atoms. The lowest BCUT2D eigenvalue weighted by Crippen LogP contribution is -2.32. The minimum Gasteiger partial charge on any atom is -0.380 e. The number of halogens is 3. The number of benzene rings is 2. The van der Waals surface area contributed by atoms with E-state index < -0.39 is 17.2 Å². The summed E-state index contributed by atoms with van der Waals surface area (Å²) in [6.45, 7) is 3.92. The third-order valence-corrected chi connectivity index (χ3v) is 4.29. The highest BCUT2D eigenvalue weighted by molar-refractivity contribution is 6.32. The van der Waals surface area contributed by atoms with E-state index >= 15 is 0 Å². The van der Waals surface area contributed by atoms with Crippen LogP contribution in [0.4, 0.5) is 8.78 Å². The molecule has 1 aromatic heterocycles. The Morgan fingerprint density at radius 3 is 2.64 bits per heavy atom. The van der Waals surface area contributed by atoms with Crippen molar-refractivity contribution in [1.29, 1.82) is 0 Å². The molecule has 4 nitrogen and oxygen atoms in total. The molecule has 0 bridgehead atoms. The maximum absolute atomic E-state index is 14.4. The van der Waals surface area contributed by atoms with Gasteiger partial charge in [0, 0.05) is 23.1 Å². The molecule has 3 rings (SSSR count). The van der Waals surface area contributed by atoms with Gasteiger partial charge < -0.3 is 5.11 Å². The van der Waals surface area contributed by atoms with E-state index in [0.29, 0.717) is 22.5 Å². The molecule has 7 heteroatoms. The fraction of sp³-hybridized carbons (Fsp3) is 0.111. The van der Waals surface area contributed by atoms with Gasteiger partial charge in [0.05, 0.1) is 0 Å². The van der Waals surface area contributed by atoms with Crippen molar-refractivity contribution in [3.05, 3.63) is 89.0 Å². The molecule has 0 amide bonds. The lowest BCUT2D eigenvalue weighted by molar-refractivity contribution is 0.0947. The maximum Gasteiger partial charge on any atom is 0.137 e. The van der Waals surface area contributed by atoms with Gasteiger partial charge in [-0.1, -0.05) is 36.4 Å². The molecule has 0 saturated carbocycles. The Morgan fingerprint density at radius 1 is 1.24 bits per heavy atom. The Balaban J connectivity index is 2.15. The molecule has 1 unspecified atom stereocenters. The van der Waals surface area contributed by atoms with Gasteiger partial charge in [-0.05, 0) is 29.3 Å². The third-order valence-electron chi connectivity index (χ3n) is 3.96. The molecule has 0 aliphatic carbocycles. The van der Waals surface area contributed by atoms with Crippen molar-refractivity contribution in [2.75, 3.05) is 0 Å². The molecule has 0 spiro atoms. The molecule has 3 aromatic rings. The van der Waals surface area contributed by atoms with Crippen LogP contribution in [0, 0.1) is 11.6 Å². The Labute approximate surface area is 147 Å². The number of rotatable bonds is 5. The van der Waals surface area contributed by atoms with Gasteiger partial charge in [0.25, 0.3) is 0 Å². The Kier molecular flexibility index (Phi) is 4.65. The predicted octanol–water partition coefficient (Wildman–Crippen LogP) is 3.88. The highest BCUT2D eigenvalue weighted by Gasteiger charge is 2.38. The van der Waals surface area contributed by atoms with E-state index in [-0.39, 0.29) is 17.6 Å². The normalized spacial score (nSPS) is 13.4. The first-order valence-corrected chi connectivity index (χ1v) is 7.76. The molecule has 2 N–H and O–H groups in total. The Morgan fingerprint density at radius 2 is 2.00 bits per heavy atom. The van der Waals surface area contributed by atoms with Crippen molar-refractivity contribution in [2.24, 2.45) is 0 Å². The first-order valence-electron chi connectivity index (χ1n) is 7.38. The standard InChI is InChI=1S/C18H14ClF2N3O/c1-11(13-4-2-3-5-15(13)19)18(25,9-17-22-10-23-24-17)14-7-6-12(20)8-16(14)21/h2-8,10,25H,1,9H2,(H,22,23,24). The number of hydrogen-bond donors (Lipinski definition) is 2. The zero-order valence-corrected chi connectivity index (χ0v) is 13.8. The van der Waals surface area contributed by atoms with E-state index in [4.69, 9.17) is 11.6 Å². The van der Waals surface area contributed by atoms with Gasteiger partial charge in [0.2, 0.25) is 0 Å². The third kappa shape index (κ3) is 3.31. The summed E-state index contributed by atoms with van der Waals surface area (Å²) in [7, 11) is 0. The van der Waals surface area contributed by atoms with Crippen LogP contribution in [-0.2, 0) is 12.0 Å². The molecule has 128 valence electrons. The highest BCUT2D eigenvalue weighted by atomic mass is 35.5. The zero-order valence-electron chi connectivity index (χ0n) is 13.0. The second kappa shape index (κ2) is 6.74. The fourth-order valence-corrected chi connectivity index (χ4v) is 2.93. The van der Waals surface area contributed by atoms with Gasteiger partial charge in [0.1, 0.15) is 29.4 Å². The molecule has 2 aromatic carbocycles. The summed E-state index contributed by atoms with van der Waals surface area (Å²) in [5.41, 5.74) is -1.41. The largest absolute Gasteiger partial charge is 0.380 e. The molecule has 0 radical (unpaired) electrons. The number of nitrogens with one attached hydrogen (secondary N) is 1. The monoisotopic (exact) mass is 361 g/mol. The molecular weight excluding hydrogens is 348 g/mol. The molecule has 0 saturated heterocycles. The molecule has 1 atom stereocenters. The average Bonchev–Trinajstić information content (AvgIpc) is 3.07. The summed E-state index contributed by atoms with van der Waals surface area (Å²) in [6, 6.07) is 9.72. The van der Waals surface area contributed by atoms with E-state index in [1.54, 1.807) is 24.3 Å². The zero-order chi connectivity index (χ0) is 18.0. The minimum atomic E-state index is -1.90. The van der Waals surface area contributed by atoms with Gasteiger partial charge >= 0.3 is 0 Å². The van der Waals surface area contributed by atoms with Crippen molar-refractivity contribution in [3.8, 4) is 0 Å². The van der Waals surface area contributed by atoms with Crippen LogP contribution in [0.5, 0.6) is 0 Å². The summed E-state index contributed by atoms with van der Waals surface area (Å²) in [5.74, 6) is -1.32. The minimum absolute atomic E-state index is 0.129. The lowest BCUT2D eigenvalue weighted by atomic mass is 9.80. The number of aliphatic hydroxyl groups is 1. The number of aromatic nitrogens is 3. The van der Waals surface area contributed by atoms with Gasteiger partial charge in [-0.15, -0.1) is 0 Å². The first-order chi connectivity index (χ1) is 11.9. The number of hydrogen-bond acceptors (Lipinski definition) is 3. The van der Waals surface area contributed by atoms with Crippen molar-refractivity contribution in [3.63, 3.8) is 0 Å². The van der Waals surface area contributed by atoms with E-state index in [0.717, 1.165) is 6.07 Å². The van der Waals surface area contributed by atoms with Crippen LogP contribution < -0.4 is 0 Å². The smallest absolute Gasteiger partial charge is 0.137 e. The number of nitrogens with zero attached hydrogens (tertiary/aromatic N) is 2. The quantitative estimate of drug-likeness (QED) is 0.725. The van der Waals surface area contributed by atoms with Crippen molar-refractivity contribution in [1.82, 2.24) is 15.2 Å². The molecule has 0 aliphatic rings. The van der Waals surface area contributed by atoms with E-state index in [1.807, 2.05) is 0 Å². The second-order valence-corrected chi connectivity index (χ2v) is 5.96. The van der Waals surface area contributed by atoms with Crippen LogP contribution in [0.1, 0.15) is 17.0 Å². The van der Waals surface area contributed by atoms with E-state index in [2.05, 4.69) is 21.8 Å². The van der Waals surface area contributed by atoms with Crippen molar-refractivity contribution < 1.29 is 13.9 Å². The topological polar surface area (TPSA) is 61.8 Å². The summed E-state index contributed by atoms with van der Waals surface area (Å²) >= 11 is 6.20. The predicted molar refractivity (Wildman–Crippen MR) is 90.8 cm³/mol. The summed E-state index contributed by atoms with van der Waals surface area (Å²) in [5, 5.41) is 18.1. The maximum atomic E-state index is 14.4. The summed E-state index contributed by atoms with van der Waals surface area (Å²) < 4.78 is 27.7. The second-order valence-electron chi connectivity index (χ2n) is 5.55. The van der Waals surface area contributed by atoms with Crippen LogP contribution >= 0.6 is 11.6 Å². The molecule has 0 fully saturated rings. The molecule has 0 aliphatic heterocycles. The number of H-pyrrole nitrogens is 1. The van der Waals surface area contributed by atoms with Gasteiger partial charge in [0.15, 0.2) is 0 Å². The Bertz CT molecular complexity index is 914. The van der Waals surface area contributed by atoms with Crippen LogP contribution in [-0.4, -0.2) is 20.3 Å². The van der Waals surface area contributed by atoms with Crippen molar-refractivity contribution in [2.45, 2.75) is 12.0 Å². The summed E-state index contributed by atoms with van der Waals surface area (Å²) in [4.78, 5) is 3.98. The van der Waals surface area contributed by atoms with Gasteiger partial charge in [-0.25, -0.2) is 13.8 Å². The highest BCUT2D eigenvalue weighted by Crippen LogP contribution is 2.40. The van der Waals surface area contributed by atoms with E-state index in [1.165, 1.54) is 12.4 Å².